The second kappa shape index (κ2) is 8.43. The van der Waals surface area contributed by atoms with Gasteiger partial charge in [-0.15, -0.1) is 0 Å². The van der Waals surface area contributed by atoms with Crippen molar-refractivity contribution in [2.24, 2.45) is 0 Å². The van der Waals surface area contributed by atoms with Crippen LogP contribution in [-0.4, -0.2) is 47.6 Å². The summed E-state index contributed by atoms with van der Waals surface area (Å²) in [6, 6.07) is 0. The minimum Gasteiger partial charge on any atom is -0.356 e. The third kappa shape index (κ3) is 4.53. The number of anilines is 1. The summed E-state index contributed by atoms with van der Waals surface area (Å²) in [4.78, 5) is 13.1. The maximum Gasteiger partial charge on any atom is 0.146 e. The summed E-state index contributed by atoms with van der Waals surface area (Å²) in [5.74, 6) is 0.993. The quantitative estimate of drug-likeness (QED) is 0.738. The van der Waals surface area contributed by atoms with Crippen LogP contribution in [0, 0.1) is 0 Å². The standard InChI is InChI=1S/C13H23BrN4/c1-4-17(5-2)8-7-9-18(6-3)13-12(14)10-15-11-16-13/h10-11H,4-9H2,1-3H3. The lowest BCUT2D eigenvalue weighted by Crippen LogP contribution is -2.30. The third-order valence-electron chi connectivity index (χ3n) is 3.13. The summed E-state index contributed by atoms with van der Waals surface area (Å²) in [5.41, 5.74) is 0. The van der Waals surface area contributed by atoms with Gasteiger partial charge in [0, 0.05) is 19.3 Å². The topological polar surface area (TPSA) is 32.3 Å². The predicted molar refractivity (Wildman–Crippen MR) is 80.0 cm³/mol. The van der Waals surface area contributed by atoms with Crippen molar-refractivity contribution in [3.05, 3.63) is 17.0 Å². The van der Waals surface area contributed by atoms with E-state index >= 15 is 0 Å². The van der Waals surface area contributed by atoms with E-state index in [-0.39, 0.29) is 0 Å². The maximum absolute atomic E-state index is 4.34. The summed E-state index contributed by atoms with van der Waals surface area (Å²) in [6.45, 7) is 12.0. The normalized spacial score (nSPS) is 10.9. The molecule has 1 heterocycles. The number of nitrogens with zero attached hydrogens (tertiary/aromatic N) is 4. The Morgan fingerprint density at radius 3 is 2.39 bits per heavy atom. The zero-order valence-corrected chi connectivity index (χ0v) is 13.2. The van der Waals surface area contributed by atoms with Gasteiger partial charge >= 0.3 is 0 Å². The molecule has 18 heavy (non-hydrogen) atoms. The van der Waals surface area contributed by atoms with Crippen LogP contribution in [0.15, 0.2) is 17.0 Å². The van der Waals surface area contributed by atoms with Crippen molar-refractivity contribution in [2.75, 3.05) is 37.6 Å². The van der Waals surface area contributed by atoms with E-state index in [4.69, 9.17) is 0 Å². The van der Waals surface area contributed by atoms with Crippen molar-refractivity contribution < 1.29 is 0 Å². The minimum atomic E-state index is 0.966. The Balaban J connectivity index is 2.50. The molecule has 0 aliphatic rings. The predicted octanol–water partition coefficient (Wildman–Crippen LogP) is 2.80. The second-order valence-corrected chi connectivity index (χ2v) is 5.01. The summed E-state index contributed by atoms with van der Waals surface area (Å²) in [5, 5.41) is 0. The van der Waals surface area contributed by atoms with Gasteiger partial charge in [-0.05, 0) is 48.9 Å². The zero-order chi connectivity index (χ0) is 13.4. The van der Waals surface area contributed by atoms with Crippen LogP contribution in [-0.2, 0) is 0 Å². The molecule has 102 valence electrons. The van der Waals surface area contributed by atoms with Gasteiger partial charge in [0.1, 0.15) is 12.1 Å². The van der Waals surface area contributed by atoms with Crippen LogP contribution < -0.4 is 4.90 Å². The number of hydrogen-bond acceptors (Lipinski definition) is 4. The molecule has 0 atom stereocenters. The molecule has 0 radical (unpaired) electrons. The first kappa shape index (κ1) is 15.4. The fourth-order valence-corrected chi connectivity index (χ4v) is 2.45. The molecule has 1 aromatic heterocycles. The van der Waals surface area contributed by atoms with Gasteiger partial charge < -0.3 is 9.80 Å². The minimum absolute atomic E-state index is 0.966. The van der Waals surface area contributed by atoms with E-state index in [2.05, 4.69) is 56.5 Å². The highest BCUT2D eigenvalue weighted by molar-refractivity contribution is 9.10. The van der Waals surface area contributed by atoms with Gasteiger partial charge in [-0.2, -0.15) is 0 Å². The first-order valence-electron chi connectivity index (χ1n) is 6.65. The second-order valence-electron chi connectivity index (χ2n) is 4.15. The van der Waals surface area contributed by atoms with E-state index in [0.717, 1.165) is 49.4 Å². The molecule has 1 rings (SSSR count). The lowest BCUT2D eigenvalue weighted by molar-refractivity contribution is 0.300. The van der Waals surface area contributed by atoms with Gasteiger partial charge in [-0.25, -0.2) is 9.97 Å². The Morgan fingerprint density at radius 1 is 1.11 bits per heavy atom. The first-order valence-corrected chi connectivity index (χ1v) is 7.44. The van der Waals surface area contributed by atoms with Crippen LogP contribution in [0.1, 0.15) is 27.2 Å². The lowest BCUT2D eigenvalue weighted by Gasteiger charge is -2.24. The van der Waals surface area contributed by atoms with E-state index in [1.54, 1.807) is 12.5 Å². The molecule has 0 saturated heterocycles. The van der Waals surface area contributed by atoms with Crippen molar-refractivity contribution in [1.29, 1.82) is 0 Å². The van der Waals surface area contributed by atoms with Gasteiger partial charge in [0.25, 0.3) is 0 Å². The van der Waals surface area contributed by atoms with Crippen molar-refractivity contribution in [2.45, 2.75) is 27.2 Å². The summed E-state index contributed by atoms with van der Waals surface area (Å²) >= 11 is 3.51. The number of aromatic nitrogens is 2. The summed E-state index contributed by atoms with van der Waals surface area (Å²) < 4.78 is 0.967. The van der Waals surface area contributed by atoms with Crippen LogP contribution >= 0.6 is 15.9 Å². The molecule has 4 nitrogen and oxygen atoms in total. The number of halogens is 1. The van der Waals surface area contributed by atoms with Crippen LogP contribution in [0.4, 0.5) is 5.82 Å². The Bertz CT molecular complexity index is 342. The van der Waals surface area contributed by atoms with Gasteiger partial charge in [-0.3, -0.25) is 0 Å². The number of rotatable bonds is 8. The van der Waals surface area contributed by atoms with E-state index in [9.17, 15) is 0 Å². The van der Waals surface area contributed by atoms with Crippen LogP contribution in [0.25, 0.3) is 0 Å². The molecule has 0 unspecified atom stereocenters. The lowest BCUT2D eigenvalue weighted by atomic mass is 10.3. The fourth-order valence-electron chi connectivity index (χ4n) is 1.98. The molecule has 0 bridgehead atoms. The molecular weight excluding hydrogens is 292 g/mol. The van der Waals surface area contributed by atoms with Crippen molar-refractivity contribution in [3.8, 4) is 0 Å². The molecule has 0 amide bonds. The molecule has 0 saturated carbocycles. The van der Waals surface area contributed by atoms with Crippen molar-refractivity contribution in [3.63, 3.8) is 0 Å². The Morgan fingerprint density at radius 2 is 1.83 bits per heavy atom. The molecule has 0 aliphatic carbocycles. The van der Waals surface area contributed by atoms with Gasteiger partial charge in [0.15, 0.2) is 0 Å². The van der Waals surface area contributed by atoms with Crippen LogP contribution in [0.3, 0.4) is 0 Å². The van der Waals surface area contributed by atoms with Gasteiger partial charge in [0.2, 0.25) is 0 Å². The maximum atomic E-state index is 4.34. The number of hydrogen-bond donors (Lipinski definition) is 0. The highest BCUT2D eigenvalue weighted by atomic mass is 79.9. The average molecular weight is 315 g/mol. The van der Waals surface area contributed by atoms with E-state index in [1.165, 1.54) is 0 Å². The van der Waals surface area contributed by atoms with Crippen LogP contribution in [0.2, 0.25) is 0 Å². The Kier molecular flexibility index (Phi) is 7.20. The highest BCUT2D eigenvalue weighted by Crippen LogP contribution is 2.21. The Hall–Kier alpha value is -0.680. The molecular formula is C13H23BrN4. The monoisotopic (exact) mass is 314 g/mol. The Labute approximate surface area is 119 Å². The first-order chi connectivity index (χ1) is 8.72. The van der Waals surface area contributed by atoms with E-state index in [1.807, 2.05) is 0 Å². The van der Waals surface area contributed by atoms with E-state index in [0.29, 0.717) is 0 Å². The highest BCUT2D eigenvalue weighted by Gasteiger charge is 2.10. The molecule has 1 aromatic rings. The van der Waals surface area contributed by atoms with Crippen molar-refractivity contribution >= 4 is 21.7 Å². The largest absolute Gasteiger partial charge is 0.356 e. The van der Waals surface area contributed by atoms with Gasteiger partial charge in [-0.1, -0.05) is 13.8 Å². The molecule has 0 N–H and O–H groups in total. The SMILES string of the molecule is CCN(CC)CCCN(CC)c1ncncc1Br. The van der Waals surface area contributed by atoms with Crippen molar-refractivity contribution in [1.82, 2.24) is 14.9 Å². The van der Waals surface area contributed by atoms with Crippen LogP contribution in [0.5, 0.6) is 0 Å². The molecule has 0 aliphatic heterocycles. The summed E-state index contributed by atoms with van der Waals surface area (Å²) in [7, 11) is 0. The van der Waals surface area contributed by atoms with Gasteiger partial charge in [0.05, 0.1) is 4.47 Å². The zero-order valence-electron chi connectivity index (χ0n) is 11.6. The molecule has 0 fully saturated rings. The van der Waals surface area contributed by atoms with E-state index < -0.39 is 0 Å². The smallest absolute Gasteiger partial charge is 0.146 e. The third-order valence-corrected chi connectivity index (χ3v) is 3.69. The molecule has 0 aromatic carbocycles. The summed E-state index contributed by atoms with van der Waals surface area (Å²) in [6.07, 6.45) is 4.56. The average Bonchev–Trinajstić information content (AvgIpc) is 2.40. The molecule has 5 heteroatoms. The fraction of sp³-hybridized carbons (Fsp3) is 0.692. The molecule has 0 spiro atoms.